The van der Waals surface area contributed by atoms with Crippen molar-refractivity contribution in [1.82, 2.24) is 10.2 Å². The molecule has 0 spiro atoms. The van der Waals surface area contributed by atoms with E-state index < -0.39 is 0 Å². The van der Waals surface area contributed by atoms with Gasteiger partial charge >= 0.3 is 0 Å². The van der Waals surface area contributed by atoms with E-state index in [9.17, 15) is 0 Å². The molecule has 1 N–H and O–H groups in total. The zero-order valence-electron chi connectivity index (χ0n) is 12.8. The summed E-state index contributed by atoms with van der Waals surface area (Å²) in [6.07, 6.45) is 4.98. The van der Waals surface area contributed by atoms with Crippen LogP contribution in [-0.4, -0.2) is 31.6 Å². The molecule has 0 radical (unpaired) electrons. The lowest BCUT2D eigenvalue weighted by Crippen LogP contribution is -2.31. The molecule has 1 aliphatic rings. The van der Waals surface area contributed by atoms with Crippen LogP contribution < -0.4 is 5.32 Å². The Morgan fingerprint density at radius 1 is 1.21 bits per heavy atom. The van der Waals surface area contributed by atoms with Crippen LogP contribution in [0.2, 0.25) is 0 Å². The van der Waals surface area contributed by atoms with Gasteiger partial charge in [-0.05, 0) is 75.0 Å². The van der Waals surface area contributed by atoms with E-state index >= 15 is 0 Å². The fraction of sp³-hybridized carbons (Fsp3) is 0.647. The first-order chi connectivity index (χ1) is 9.24. The van der Waals surface area contributed by atoms with Crippen molar-refractivity contribution in [3.8, 4) is 0 Å². The average molecular weight is 260 g/mol. The van der Waals surface area contributed by atoms with Crippen LogP contribution in [0, 0.1) is 6.92 Å². The minimum Gasteiger partial charge on any atom is -0.320 e. The molecule has 0 bridgehead atoms. The number of nitrogens with zero attached hydrogens (tertiary/aromatic N) is 1. The highest BCUT2D eigenvalue weighted by molar-refractivity contribution is 5.39. The van der Waals surface area contributed by atoms with E-state index in [1.165, 1.54) is 43.5 Å². The molecular weight excluding hydrogens is 232 g/mol. The van der Waals surface area contributed by atoms with Gasteiger partial charge in [0, 0.05) is 13.1 Å². The zero-order chi connectivity index (χ0) is 13.7. The van der Waals surface area contributed by atoms with Gasteiger partial charge in [-0.3, -0.25) is 4.90 Å². The van der Waals surface area contributed by atoms with E-state index in [1.54, 1.807) is 11.1 Å². The lowest BCUT2D eigenvalue weighted by Gasteiger charge is -2.29. The van der Waals surface area contributed by atoms with E-state index in [4.69, 9.17) is 0 Å². The molecule has 0 fully saturated rings. The maximum absolute atomic E-state index is 3.22. The van der Waals surface area contributed by atoms with Crippen LogP contribution in [-0.2, 0) is 19.4 Å². The third kappa shape index (κ3) is 3.80. The predicted octanol–water partition coefficient (Wildman–Crippen LogP) is 2.92. The molecule has 0 atom stereocenters. The van der Waals surface area contributed by atoms with Crippen molar-refractivity contribution in [2.45, 2.75) is 46.1 Å². The molecule has 0 aromatic heterocycles. The van der Waals surface area contributed by atoms with E-state index in [0.29, 0.717) is 0 Å². The van der Waals surface area contributed by atoms with Crippen molar-refractivity contribution in [2.24, 2.45) is 0 Å². The third-order valence-electron chi connectivity index (χ3n) is 4.28. The number of nitrogens with one attached hydrogen (secondary N) is 1. The smallest absolute Gasteiger partial charge is 0.0236 e. The highest BCUT2D eigenvalue weighted by Crippen LogP contribution is 2.23. The Kier molecular flexibility index (Phi) is 5.41. The van der Waals surface area contributed by atoms with E-state index in [0.717, 1.165) is 19.5 Å². The Morgan fingerprint density at radius 2 is 2.05 bits per heavy atom. The number of aryl methyl sites for hydroxylation is 2. The molecular formula is C17H28N2. The molecule has 1 heterocycles. The van der Waals surface area contributed by atoms with Crippen molar-refractivity contribution in [2.75, 3.05) is 26.7 Å². The van der Waals surface area contributed by atoms with Crippen molar-refractivity contribution in [3.63, 3.8) is 0 Å². The number of rotatable bonds is 6. The molecule has 2 rings (SSSR count). The Morgan fingerprint density at radius 3 is 2.79 bits per heavy atom. The summed E-state index contributed by atoms with van der Waals surface area (Å²) < 4.78 is 0. The largest absolute Gasteiger partial charge is 0.320 e. The standard InChI is InChI=1S/C17H28N2/c1-4-15-12-17-13-19(9-6-5-8-18-3)10-7-16(17)11-14(15)2/h11-12,18H,4-10,13H2,1-3H3. The highest BCUT2D eigenvalue weighted by Gasteiger charge is 2.16. The summed E-state index contributed by atoms with van der Waals surface area (Å²) in [4.78, 5) is 2.62. The third-order valence-corrected chi connectivity index (χ3v) is 4.28. The molecule has 0 saturated heterocycles. The van der Waals surface area contributed by atoms with E-state index in [-0.39, 0.29) is 0 Å². The Balaban J connectivity index is 1.95. The highest BCUT2D eigenvalue weighted by atomic mass is 15.1. The Labute approximate surface area is 118 Å². The van der Waals surface area contributed by atoms with Gasteiger partial charge in [0.25, 0.3) is 0 Å². The number of benzene rings is 1. The molecule has 2 nitrogen and oxygen atoms in total. The molecule has 19 heavy (non-hydrogen) atoms. The van der Waals surface area contributed by atoms with Crippen LogP contribution in [0.1, 0.15) is 42.0 Å². The zero-order valence-corrected chi connectivity index (χ0v) is 12.8. The molecule has 2 heteroatoms. The van der Waals surface area contributed by atoms with Gasteiger partial charge in [-0.25, -0.2) is 0 Å². The van der Waals surface area contributed by atoms with Gasteiger partial charge in [0.05, 0.1) is 0 Å². The second-order valence-electron chi connectivity index (χ2n) is 5.74. The van der Waals surface area contributed by atoms with Crippen LogP contribution in [0.5, 0.6) is 0 Å². The fourth-order valence-corrected chi connectivity index (χ4v) is 3.05. The van der Waals surface area contributed by atoms with Gasteiger partial charge in [-0.2, -0.15) is 0 Å². The molecule has 0 aliphatic carbocycles. The monoisotopic (exact) mass is 260 g/mol. The number of fused-ring (bicyclic) bond motifs is 1. The Bertz CT molecular complexity index is 412. The van der Waals surface area contributed by atoms with Crippen LogP contribution >= 0.6 is 0 Å². The second-order valence-corrected chi connectivity index (χ2v) is 5.74. The summed E-state index contributed by atoms with van der Waals surface area (Å²) in [5, 5.41) is 3.22. The van der Waals surface area contributed by atoms with Gasteiger partial charge in [0.1, 0.15) is 0 Å². The quantitative estimate of drug-likeness (QED) is 0.791. The molecule has 0 unspecified atom stereocenters. The van der Waals surface area contributed by atoms with Gasteiger partial charge in [0.2, 0.25) is 0 Å². The van der Waals surface area contributed by atoms with E-state index in [1.807, 2.05) is 7.05 Å². The molecule has 1 aromatic rings. The van der Waals surface area contributed by atoms with Crippen molar-refractivity contribution < 1.29 is 0 Å². The summed E-state index contributed by atoms with van der Waals surface area (Å²) in [7, 11) is 2.03. The first kappa shape index (κ1) is 14.5. The summed E-state index contributed by atoms with van der Waals surface area (Å²) in [5.41, 5.74) is 6.16. The van der Waals surface area contributed by atoms with Crippen molar-refractivity contribution >= 4 is 0 Å². The minimum atomic E-state index is 1.14. The molecule has 1 aliphatic heterocycles. The summed E-state index contributed by atoms with van der Waals surface area (Å²) in [5.74, 6) is 0. The first-order valence-corrected chi connectivity index (χ1v) is 7.72. The maximum atomic E-state index is 3.22. The van der Waals surface area contributed by atoms with Gasteiger partial charge < -0.3 is 5.32 Å². The molecule has 0 amide bonds. The molecule has 0 saturated carbocycles. The lowest BCUT2D eigenvalue weighted by atomic mass is 9.93. The van der Waals surface area contributed by atoms with Gasteiger partial charge in [0.15, 0.2) is 0 Å². The van der Waals surface area contributed by atoms with Crippen molar-refractivity contribution in [3.05, 3.63) is 34.4 Å². The number of hydrogen-bond donors (Lipinski definition) is 1. The van der Waals surface area contributed by atoms with Crippen LogP contribution in [0.25, 0.3) is 0 Å². The normalized spacial score (nSPS) is 15.5. The maximum Gasteiger partial charge on any atom is 0.0236 e. The van der Waals surface area contributed by atoms with E-state index in [2.05, 4.69) is 36.2 Å². The van der Waals surface area contributed by atoms with Gasteiger partial charge in [-0.1, -0.05) is 19.1 Å². The second kappa shape index (κ2) is 7.06. The van der Waals surface area contributed by atoms with Crippen molar-refractivity contribution in [1.29, 1.82) is 0 Å². The SMILES string of the molecule is CCc1cc2c(cc1C)CCN(CCCCNC)C2. The minimum absolute atomic E-state index is 1.14. The average Bonchev–Trinajstić information content (AvgIpc) is 2.43. The van der Waals surface area contributed by atoms with Crippen LogP contribution in [0.3, 0.4) is 0 Å². The number of unbranched alkanes of at least 4 members (excludes halogenated alkanes) is 1. The predicted molar refractivity (Wildman–Crippen MR) is 82.7 cm³/mol. The fourth-order valence-electron chi connectivity index (χ4n) is 3.05. The first-order valence-electron chi connectivity index (χ1n) is 7.72. The van der Waals surface area contributed by atoms with Gasteiger partial charge in [-0.15, -0.1) is 0 Å². The molecule has 106 valence electrons. The van der Waals surface area contributed by atoms with Crippen LogP contribution in [0.15, 0.2) is 12.1 Å². The molecule has 1 aromatic carbocycles. The van der Waals surface area contributed by atoms with Crippen LogP contribution in [0.4, 0.5) is 0 Å². The number of hydrogen-bond acceptors (Lipinski definition) is 2. The topological polar surface area (TPSA) is 15.3 Å². The summed E-state index contributed by atoms with van der Waals surface area (Å²) >= 11 is 0. The summed E-state index contributed by atoms with van der Waals surface area (Å²) in [6, 6.07) is 4.87. The summed E-state index contributed by atoms with van der Waals surface area (Å²) in [6.45, 7) is 9.29. The Hall–Kier alpha value is -0.860. The lowest BCUT2D eigenvalue weighted by molar-refractivity contribution is 0.249.